The lowest BCUT2D eigenvalue weighted by Crippen LogP contribution is -2.47. The number of nitrogens with one attached hydrogen (secondary N) is 1. The summed E-state index contributed by atoms with van der Waals surface area (Å²) in [4.78, 5) is 4.75. The van der Waals surface area contributed by atoms with Gasteiger partial charge in [-0.3, -0.25) is 4.99 Å². The van der Waals surface area contributed by atoms with Crippen molar-refractivity contribution in [2.45, 2.75) is 65.3 Å². The highest BCUT2D eigenvalue weighted by molar-refractivity contribution is 8.14. The molecule has 1 aliphatic heterocycles. The van der Waals surface area contributed by atoms with Crippen molar-refractivity contribution in [2.24, 2.45) is 16.3 Å². The Kier molecular flexibility index (Phi) is 4.30. The molecular weight excluding hydrogens is 240 g/mol. The average molecular weight is 268 g/mol. The molecule has 0 amide bonds. The summed E-state index contributed by atoms with van der Waals surface area (Å²) in [5, 5.41) is 4.94. The molecule has 3 heteroatoms. The molecule has 1 saturated heterocycles. The molecule has 1 N–H and O–H groups in total. The first-order valence-electron chi connectivity index (χ1n) is 7.34. The number of amidine groups is 1. The van der Waals surface area contributed by atoms with Gasteiger partial charge in [0.1, 0.15) is 0 Å². The van der Waals surface area contributed by atoms with Crippen molar-refractivity contribution in [1.29, 1.82) is 0 Å². The third-order valence-electron chi connectivity index (χ3n) is 4.07. The van der Waals surface area contributed by atoms with Gasteiger partial charge in [-0.05, 0) is 30.6 Å². The van der Waals surface area contributed by atoms with Crippen LogP contribution >= 0.6 is 11.8 Å². The van der Waals surface area contributed by atoms with Gasteiger partial charge >= 0.3 is 0 Å². The minimum Gasteiger partial charge on any atom is -0.359 e. The third kappa shape index (κ3) is 3.91. The second kappa shape index (κ2) is 5.44. The average Bonchev–Trinajstić information content (AvgIpc) is 2.59. The first-order chi connectivity index (χ1) is 8.39. The van der Waals surface area contributed by atoms with Crippen LogP contribution < -0.4 is 5.32 Å². The molecule has 2 fully saturated rings. The molecular formula is C15H28N2S. The summed E-state index contributed by atoms with van der Waals surface area (Å²) >= 11 is 1.94. The highest BCUT2D eigenvalue weighted by atomic mass is 32.2. The Morgan fingerprint density at radius 2 is 2.22 bits per heavy atom. The smallest absolute Gasteiger partial charge is 0.157 e. The zero-order valence-corrected chi connectivity index (χ0v) is 13.2. The van der Waals surface area contributed by atoms with Crippen LogP contribution in [0.3, 0.4) is 0 Å². The molecule has 2 rings (SSSR count). The van der Waals surface area contributed by atoms with Crippen LogP contribution in [-0.2, 0) is 0 Å². The molecule has 2 unspecified atom stereocenters. The van der Waals surface area contributed by atoms with Gasteiger partial charge in [0.25, 0.3) is 0 Å². The minimum absolute atomic E-state index is 0.378. The zero-order chi connectivity index (χ0) is 13.2. The van der Waals surface area contributed by atoms with Crippen LogP contribution in [0.1, 0.15) is 59.8 Å². The van der Waals surface area contributed by atoms with Gasteiger partial charge in [0.05, 0.1) is 0 Å². The SMILES string of the molecule is CC1CCCC2(CSC(=NCCC(C)(C)C)N2)C1. The van der Waals surface area contributed by atoms with Gasteiger partial charge in [0.15, 0.2) is 5.17 Å². The summed E-state index contributed by atoms with van der Waals surface area (Å²) in [6, 6.07) is 0. The molecule has 2 nitrogen and oxygen atoms in total. The van der Waals surface area contributed by atoms with Crippen molar-refractivity contribution in [3.63, 3.8) is 0 Å². The van der Waals surface area contributed by atoms with Crippen molar-refractivity contribution < 1.29 is 0 Å². The van der Waals surface area contributed by atoms with E-state index in [2.05, 4.69) is 33.0 Å². The minimum atomic E-state index is 0.378. The first-order valence-corrected chi connectivity index (χ1v) is 8.33. The number of rotatable bonds is 2. The van der Waals surface area contributed by atoms with E-state index in [1.807, 2.05) is 11.8 Å². The van der Waals surface area contributed by atoms with Crippen LogP contribution in [0.15, 0.2) is 4.99 Å². The van der Waals surface area contributed by atoms with Gasteiger partial charge in [-0.2, -0.15) is 0 Å². The monoisotopic (exact) mass is 268 g/mol. The van der Waals surface area contributed by atoms with E-state index in [1.165, 1.54) is 43.0 Å². The number of thioether (sulfide) groups is 1. The van der Waals surface area contributed by atoms with E-state index in [4.69, 9.17) is 4.99 Å². The van der Waals surface area contributed by atoms with Crippen LogP contribution in [-0.4, -0.2) is 23.0 Å². The van der Waals surface area contributed by atoms with Gasteiger partial charge in [0, 0.05) is 17.8 Å². The molecule has 0 aromatic rings. The Hall–Kier alpha value is -0.180. The molecule has 104 valence electrons. The van der Waals surface area contributed by atoms with E-state index in [0.29, 0.717) is 11.0 Å². The van der Waals surface area contributed by atoms with Gasteiger partial charge in [-0.15, -0.1) is 0 Å². The van der Waals surface area contributed by atoms with E-state index >= 15 is 0 Å². The predicted octanol–water partition coefficient (Wildman–Crippen LogP) is 4.06. The van der Waals surface area contributed by atoms with Gasteiger partial charge in [0.2, 0.25) is 0 Å². The van der Waals surface area contributed by atoms with Crippen molar-refractivity contribution in [2.75, 3.05) is 12.3 Å². The van der Waals surface area contributed by atoms with E-state index in [-0.39, 0.29) is 0 Å². The number of hydrogen-bond acceptors (Lipinski definition) is 2. The topological polar surface area (TPSA) is 24.4 Å². The Balaban J connectivity index is 1.86. The Morgan fingerprint density at radius 1 is 1.44 bits per heavy atom. The maximum absolute atomic E-state index is 4.75. The van der Waals surface area contributed by atoms with Gasteiger partial charge in [-0.25, -0.2) is 0 Å². The molecule has 1 spiro atoms. The first kappa shape index (κ1) is 14.2. The van der Waals surface area contributed by atoms with Crippen LogP contribution in [0, 0.1) is 11.3 Å². The Bertz CT molecular complexity index is 319. The summed E-state index contributed by atoms with van der Waals surface area (Å²) < 4.78 is 0. The van der Waals surface area contributed by atoms with E-state index in [0.717, 1.165) is 12.5 Å². The molecule has 2 atom stereocenters. The summed E-state index contributed by atoms with van der Waals surface area (Å²) in [6.07, 6.45) is 6.62. The summed E-state index contributed by atoms with van der Waals surface area (Å²) in [6.45, 7) is 10.2. The van der Waals surface area contributed by atoms with Crippen molar-refractivity contribution in [3.8, 4) is 0 Å². The lowest BCUT2D eigenvalue weighted by molar-refractivity contribution is 0.242. The molecule has 18 heavy (non-hydrogen) atoms. The molecule has 1 aliphatic carbocycles. The standard InChI is InChI=1S/C15H28N2S/c1-12-6-5-7-15(10-12)11-18-13(17-15)16-9-8-14(2,3)4/h12H,5-11H2,1-4H3,(H,16,17). The molecule has 0 bridgehead atoms. The maximum Gasteiger partial charge on any atom is 0.157 e. The van der Waals surface area contributed by atoms with Crippen molar-refractivity contribution in [3.05, 3.63) is 0 Å². The highest BCUT2D eigenvalue weighted by Gasteiger charge is 2.40. The molecule has 2 aliphatic rings. The summed E-state index contributed by atoms with van der Waals surface area (Å²) in [7, 11) is 0. The van der Waals surface area contributed by atoms with Gasteiger partial charge < -0.3 is 5.32 Å². The quantitative estimate of drug-likeness (QED) is 0.816. The van der Waals surface area contributed by atoms with Crippen LogP contribution in [0.25, 0.3) is 0 Å². The lowest BCUT2D eigenvalue weighted by atomic mass is 9.78. The molecule has 1 saturated carbocycles. The van der Waals surface area contributed by atoms with E-state index in [1.54, 1.807) is 0 Å². The highest BCUT2D eigenvalue weighted by Crippen LogP contribution is 2.38. The second-order valence-corrected chi connectivity index (χ2v) is 8.36. The second-order valence-electron chi connectivity index (χ2n) is 7.39. The molecule has 0 aromatic heterocycles. The number of nitrogens with zero attached hydrogens (tertiary/aromatic N) is 1. The summed E-state index contributed by atoms with van der Waals surface area (Å²) in [5.74, 6) is 2.10. The Labute approximate surface area is 116 Å². The molecule has 0 aromatic carbocycles. The van der Waals surface area contributed by atoms with Crippen molar-refractivity contribution in [1.82, 2.24) is 5.32 Å². The van der Waals surface area contributed by atoms with Crippen molar-refractivity contribution >= 4 is 16.9 Å². The zero-order valence-electron chi connectivity index (χ0n) is 12.4. The fourth-order valence-electron chi connectivity index (χ4n) is 2.99. The number of hydrogen-bond donors (Lipinski definition) is 1. The number of aliphatic imine (C=N–C) groups is 1. The van der Waals surface area contributed by atoms with Crippen LogP contribution in [0.5, 0.6) is 0 Å². The predicted molar refractivity (Wildman–Crippen MR) is 82.3 cm³/mol. The normalized spacial score (nSPS) is 35.1. The van der Waals surface area contributed by atoms with E-state index < -0.39 is 0 Å². The molecule has 0 radical (unpaired) electrons. The fraction of sp³-hybridized carbons (Fsp3) is 0.933. The summed E-state index contributed by atoms with van der Waals surface area (Å²) in [5.41, 5.74) is 0.771. The maximum atomic E-state index is 4.75. The largest absolute Gasteiger partial charge is 0.359 e. The third-order valence-corrected chi connectivity index (χ3v) is 5.27. The lowest BCUT2D eigenvalue weighted by Gasteiger charge is -2.36. The van der Waals surface area contributed by atoms with E-state index in [9.17, 15) is 0 Å². The van der Waals surface area contributed by atoms with Gasteiger partial charge in [-0.1, -0.05) is 52.3 Å². The van der Waals surface area contributed by atoms with Crippen LogP contribution in [0.4, 0.5) is 0 Å². The Morgan fingerprint density at radius 3 is 2.89 bits per heavy atom. The van der Waals surface area contributed by atoms with Crippen LogP contribution in [0.2, 0.25) is 0 Å². The molecule has 1 heterocycles. The fourth-order valence-corrected chi connectivity index (χ4v) is 4.21.